The second-order valence-corrected chi connectivity index (χ2v) is 10.7. The van der Waals surface area contributed by atoms with Gasteiger partial charge in [-0.25, -0.2) is 4.98 Å². The molecule has 1 aromatic heterocycles. The van der Waals surface area contributed by atoms with E-state index in [4.69, 9.17) is 4.74 Å². The Morgan fingerprint density at radius 1 is 1.15 bits per heavy atom. The summed E-state index contributed by atoms with van der Waals surface area (Å²) in [6, 6.07) is 12.2. The van der Waals surface area contributed by atoms with E-state index in [1.165, 1.54) is 5.69 Å². The number of hydrogen-bond donors (Lipinski definition) is 1. The van der Waals surface area contributed by atoms with E-state index >= 15 is 0 Å². The largest absolute Gasteiger partial charge is 0.496 e. The zero-order valence-corrected chi connectivity index (χ0v) is 24.0. The smallest absolute Gasteiger partial charge is 0.287 e. The number of likely N-dealkylation sites (N-methyl/N-ethyl adjacent to an activating group) is 1. The zero-order chi connectivity index (χ0) is 28.2. The number of nitrogens with zero attached hydrogens (tertiary/aromatic N) is 5. The van der Waals surface area contributed by atoms with Crippen LogP contribution in [0.25, 0.3) is 0 Å². The average Bonchev–Trinajstić information content (AvgIpc) is 3.55. The van der Waals surface area contributed by atoms with Crippen LogP contribution < -0.4 is 15.0 Å². The van der Waals surface area contributed by atoms with Gasteiger partial charge < -0.3 is 29.3 Å². The van der Waals surface area contributed by atoms with Crippen molar-refractivity contribution in [3.63, 3.8) is 0 Å². The van der Waals surface area contributed by atoms with E-state index in [-0.39, 0.29) is 17.9 Å². The molecule has 40 heavy (non-hydrogen) atoms. The normalized spacial score (nSPS) is 16.2. The number of aryl methyl sites for hydroxylation is 2. The van der Waals surface area contributed by atoms with Crippen LogP contribution in [0.4, 0.5) is 5.69 Å². The maximum absolute atomic E-state index is 13.9. The van der Waals surface area contributed by atoms with Crippen LogP contribution >= 0.6 is 0 Å². The van der Waals surface area contributed by atoms with Crippen LogP contribution in [-0.4, -0.2) is 77.5 Å². The predicted octanol–water partition coefficient (Wildman–Crippen LogP) is 3.79. The van der Waals surface area contributed by atoms with Crippen LogP contribution in [0, 0.1) is 6.92 Å². The SMILES string of the molecule is CCN1CCN(c2cccc3c2CN([C@H](CCCNC(=O)c2nccn2C)c2ccc(OC)c(C)c2)C3=O)CC1. The molecule has 1 N–H and O–H groups in total. The number of ether oxygens (including phenoxy) is 1. The number of nitrogens with one attached hydrogen (secondary N) is 1. The van der Waals surface area contributed by atoms with Crippen molar-refractivity contribution in [2.75, 3.05) is 51.3 Å². The Hall–Kier alpha value is -3.85. The monoisotopic (exact) mass is 544 g/mol. The standard InChI is InChI=1S/C31H40N6O3/c1-5-35-16-18-36(19-17-35)27-9-6-8-24-25(27)21-37(31(24)39)26(23-11-12-28(40-4)22(2)20-23)10-7-13-33-30(38)29-32-14-15-34(29)3/h6,8-9,11-12,14-15,20,26H,5,7,10,13,16-19,21H2,1-4H3,(H,33,38)/t26-/m1/s1. The lowest BCUT2D eigenvalue weighted by Crippen LogP contribution is -2.46. The number of imidazole rings is 1. The van der Waals surface area contributed by atoms with Gasteiger partial charge in [-0.3, -0.25) is 9.59 Å². The van der Waals surface area contributed by atoms with Crippen LogP contribution in [-0.2, 0) is 13.6 Å². The molecule has 212 valence electrons. The summed E-state index contributed by atoms with van der Waals surface area (Å²) in [5.41, 5.74) is 5.21. The summed E-state index contributed by atoms with van der Waals surface area (Å²) in [7, 11) is 3.48. The number of rotatable bonds is 10. The number of anilines is 1. The second kappa shape index (κ2) is 12.1. The molecule has 2 aliphatic rings. The fourth-order valence-corrected chi connectivity index (χ4v) is 5.96. The van der Waals surface area contributed by atoms with Gasteiger partial charge in [0, 0.05) is 75.5 Å². The minimum atomic E-state index is -0.193. The van der Waals surface area contributed by atoms with Crippen molar-refractivity contribution in [3.05, 3.63) is 76.9 Å². The Kier molecular flexibility index (Phi) is 8.40. The molecule has 0 spiro atoms. The third-order valence-corrected chi connectivity index (χ3v) is 8.28. The molecule has 3 heterocycles. The molecule has 5 rings (SSSR count). The first-order valence-corrected chi connectivity index (χ1v) is 14.2. The first-order valence-electron chi connectivity index (χ1n) is 14.2. The summed E-state index contributed by atoms with van der Waals surface area (Å²) >= 11 is 0. The van der Waals surface area contributed by atoms with Gasteiger partial charge in [0.25, 0.3) is 11.8 Å². The van der Waals surface area contributed by atoms with E-state index in [1.807, 2.05) is 30.0 Å². The number of carbonyl (C=O) groups excluding carboxylic acids is 2. The van der Waals surface area contributed by atoms with Crippen molar-refractivity contribution in [1.82, 2.24) is 24.7 Å². The van der Waals surface area contributed by atoms with Crippen molar-refractivity contribution >= 4 is 17.5 Å². The molecular formula is C31H40N6O3. The third-order valence-electron chi connectivity index (χ3n) is 8.28. The Morgan fingerprint density at radius 2 is 1.95 bits per heavy atom. The number of methoxy groups -OCH3 is 1. The van der Waals surface area contributed by atoms with Crippen molar-refractivity contribution in [3.8, 4) is 5.75 Å². The van der Waals surface area contributed by atoms with Crippen molar-refractivity contribution in [2.24, 2.45) is 7.05 Å². The maximum Gasteiger partial charge on any atom is 0.287 e. The van der Waals surface area contributed by atoms with Gasteiger partial charge in [0.15, 0.2) is 5.82 Å². The zero-order valence-electron chi connectivity index (χ0n) is 24.0. The fourth-order valence-electron chi connectivity index (χ4n) is 5.96. The Morgan fingerprint density at radius 3 is 2.62 bits per heavy atom. The summed E-state index contributed by atoms with van der Waals surface area (Å²) in [4.78, 5) is 37.5. The summed E-state index contributed by atoms with van der Waals surface area (Å²) < 4.78 is 7.21. The Bertz CT molecular complexity index is 1360. The van der Waals surface area contributed by atoms with Crippen LogP contribution in [0.5, 0.6) is 5.75 Å². The van der Waals surface area contributed by atoms with Gasteiger partial charge in [-0.1, -0.05) is 25.1 Å². The number of amides is 2. The van der Waals surface area contributed by atoms with Crippen molar-refractivity contribution < 1.29 is 14.3 Å². The third kappa shape index (κ3) is 5.56. The number of aromatic nitrogens is 2. The van der Waals surface area contributed by atoms with Gasteiger partial charge in [0.05, 0.1) is 13.2 Å². The van der Waals surface area contributed by atoms with Gasteiger partial charge in [0.2, 0.25) is 0 Å². The molecule has 0 saturated carbocycles. The molecule has 0 bridgehead atoms. The number of hydrogen-bond acceptors (Lipinski definition) is 6. The van der Waals surface area contributed by atoms with E-state index < -0.39 is 0 Å². The topological polar surface area (TPSA) is 82.9 Å². The van der Waals surface area contributed by atoms with Gasteiger partial charge >= 0.3 is 0 Å². The van der Waals surface area contributed by atoms with Crippen LogP contribution in [0.1, 0.15) is 63.5 Å². The molecule has 2 aliphatic heterocycles. The van der Waals surface area contributed by atoms with Crippen molar-refractivity contribution in [2.45, 2.75) is 39.3 Å². The number of benzene rings is 2. The second-order valence-electron chi connectivity index (χ2n) is 10.7. The molecule has 2 aromatic carbocycles. The lowest BCUT2D eigenvalue weighted by atomic mass is 9.98. The molecule has 9 heteroatoms. The quantitative estimate of drug-likeness (QED) is 0.391. The highest BCUT2D eigenvalue weighted by Crippen LogP contribution is 2.39. The minimum Gasteiger partial charge on any atom is -0.496 e. The number of piperazine rings is 1. The maximum atomic E-state index is 13.9. The van der Waals surface area contributed by atoms with E-state index in [0.29, 0.717) is 18.9 Å². The first kappa shape index (κ1) is 27.7. The molecule has 0 unspecified atom stereocenters. The highest BCUT2D eigenvalue weighted by atomic mass is 16.5. The minimum absolute atomic E-state index is 0.0690. The van der Waals surface area contributed by atoms with Gasteiger partial charge in [-0.15, -0.1) is 0 Å². The lowest BCUT2D eigenvalue weighted by molar-refractivity contribution is 0.0687. The number of carbonyl (C=O) groups is 2. The van der Waals surface area contributed by atoms with Crippen molar-refractivity contribution in [1.29, 1.82) is 0 Å². The molecule has 1 saturated heterocycles. The molecule has 9 nitrogen and oxygen atoms in total. The summed E-state index contributed by atoms with van der Waals surface area (Å²) in [5.74, 6) is 1.09. The molecular weight excluding hydrogens is 504 g/mol. The van der Waals surface area contributed by atoms with Crippen LogP contribution in [0.3, 0.4) is 0 Å². The highest BCUT2D eigenvalue weighted by molar-refractivity contribution is 6.00. The van der Waals surface area contributed by atoms with Crippen LogP contribution in [0.2, 0.25) is 0 Å². The molecule has 1 atom stereocenters. The molecule has 0 radical (unpaired) electrons. The highest BCUT2D eigenvalue weighted by Gasteiger charge is 2.36. The van der Waals surface area contributed by atoms with E-state index in [9.17, 15) is 9.59 Å². The van der Waals surface area contributed by atoms with Gasteiger partial charge in [-0.05, 0) is 55.6 Å². The van der Waals surface area contributed by atoms with Gasteiger partial charge in [-0.2, -0.15) is 0 Å². The van der Waals surface area contributed by atoms with E-state index in [1.54, 1.807) is 31.1 Å². The molecule has 3 aromatic rings. The first-order chi connectivity index (χ1) is 19.4. The summed E-state index contributed by atoms with van der Waals surface area (Å²) in [6.45, 7) is 10.4. The number of fused-ring (bicyclic) bond motifs is 1. The van der Waals surface area contributed by atoms with E-state index in [2.05, 4.69) is 45.2 Å². The fraction of sp³-hybridized carbons (Fsp3) is 0.452. The Labute approximate surface area is 236 Å². The summed E-state index contributed by atoms with van der Waals surface area (Å²) in [5, 5.41) is 2.99. The lowest BCUT2D eigenvalue weighted by Gasteiger charge is -2.36. The molecule has 0 aliphatic carbocycles. The predicted molar refractivity (Wildman–Crippen MR) is 156 cm³/mol. The average molecular weight is 545 g/mol. The van der Waals surface area contributed by atoms with E-state index in [0.717, 1.165) is 73.6 Å². The molecule has 1 fully saturated rings. The Balaban J connectivity index is 1.35. The van der Waals surface area contributed by atoms with Gasteiger partial charge in [0.1, 0.15) is 5.75 Å². The summed E-state index contributed by atoms with van der Waals surface area (Å²) in [6.07, 6.45) is 4.81. The molecule has 2 amide bonds. The van der Waals surface area contributed by atoms with Crippen LogP contribution in [0.15, 0.2) is 48.8 Å².